The van der Waals surface area contributed by atoms with Crippen LogP contribution in [-0.4, -0.2) is 29.9 Å². The monoisotopic (exact) mass is 372 g/mol. The molecule has 2 saturated carbocycles. The fraction of sp³-hybridized carbons (Fsp3) is 0.480. The summed E-state index contributed by atoms with van der Waals surface area (Å²) in [6.07, 6.45) is 5.80. The Hall–Kier alpha value is -2.13. The summed E-state index contributed by atoms with van der Waals surface area (Å²) < 4.78 is 0. The number of carbonyl (C=O) groups excluding carboxylic acids is 1. The van der Waals surface area contributed by atoms with Crippen molar-refractivity contribution in [2.45, 2.75) is 44.7 Å². The lowest BCUT2D eigenvalue weighted by Gasteiger charge is -2.50. The van der Waals surface area contributed by atoms with Crippen LogP contribution in [0.1, 0.15) is 42.4 Å². The minimum Gasteiger partial charge on any atom is -0.353 e. The number of amides is 1. The molecule has 0 spiro atoms. The summed E-state index contributed by atoms with van der Waals surface area (Å²) in [5, 5.41) is 3.23. The second-order valence-electron chi connectivity index (χ2n) is 9.40. The molecule has 1 heterocycles. The molecule has 3 heteroatoms. The lowest BCUT2D eigenvalue weighted by atomic mass is 9.61. The Labute approximate surface area is 167 Å². The molecule has 3 aliphatic carbocycles. The van der Waals surface area contributed by atoms with Gasteiger partial charge >= 0.3 is 0 Å². The van der Waals surface area contributed by atoms with Crippen LogP contribution in [0.25, 0.3) is 11.1 Å². The van der Waals surface area contributed by atoms with E-state index in [0.29, 0.717) is 17.9 Å². The molecule has 1 aliphatic heterocycles. The number of fused-ring (bicyclic) bond motifs is 4. The number of carbonyl (C=O) groups is 1. The molecule has 2 aromatic rings. The molecule has 1 N–H and O–H groups in total. The molecule has 0 unspecified atom stereocenters. The summed E-state index contributed by atoms with van der Waals surface area (Å²) in [4.78, 5) is 15.1. The summed E-state index contributed by atoms with van der Waals surface area (Å²) >= 11 is 0. The van der Waals surface area contributed by atoms with Gasteiger partial charge in [0.25, 0.3) is 0 Å². The Bertz CT molecular complexity index is 932. The number of hydrogen-bond donors (Lipinski definition) is 1. The van der Waals surface area contributed by atoms with Crippen LogP contribution in [0, 0.1) is 17.8 Å². The molecule has 1 amide bonds. The number of nitrogens with one attached hydrogen (secondary N) is 1. The fourth-order valence-electron chi connectivity index (χ4n) is 5.69. The van der Waals surface area contributed by atoms with Crippen molar-refractivity contribution in [3.05, 3.63) is 59.2 Å². The number of rotatable bonds is 4. The van der Waals surface area contributed by atoms with Crippen molar-refractivity contribution in [1.82, 2.24) is 10.2 Å². The zero-order valence-corrected chi connectivity index (χ0v) is 16.4. The topological polar surface area (TPSA) is 32.3 Å². The van der Waals surface area contributed by atoms with E-state index in [4.69, 9.17) is 0 Å². The minimum atomic E-state index is 0.267. The Morgan fingerprint density at radius 3 is 2.79 bits per heavy atom. The highest BCUT2D eigenvalue weighted by Gasteiger charge is 2.48. The van der Waals surface area contributed by atoms with E-state index in [2.05, 4.69) is 52.7 Å². The Morgan fingerprint density at radius 1 is 1.04 bits per heavy atom. The molecular formula is C25H28N2O. The quantitative estimate of drug-likeness (QED) is 0.751. The Kier molecular flexibility index (Phi) is 3.87. The molecule has 2 aromatic carbocycles. The molecule has 28 heavy (non-hydrogen) atoms. The molecule has 3 nitrogen and oxygen atoms in total. The Morgan fingerprint density at radius 2 is 1.89 bits per heavy atom. The van der Waals surface area contributed by atoms with Crippen molar-refractivity contribution in [3.63, 3.8) is 0 Å². The van der Waals surface area contributed by atoms with Gasteiger partial charge in [0.2, 0.25) is 5.91 Å². The highest BCUT2D eigenvalue weighted by molar-refractivity contribution is 5.80. The second-order valence-corrected chi connectivity index (χ2v) is 9.40. The summed E-state index contributed by atoms with van der Waals surface area (Å²) in [5.74, 6) is 1.95. The lowest BCUT2D eigenvalue weighted by Crippen LogP contribution is -2.55. The van der Waals surface area contributed by atoms with E-state index in [1.54, 1.807) is 0 Å². The molecule has 3 fully saturated rings. The van der Waals surface area contributed by atoms with E-state index in [0.717, 1.165) is 31.8 Å². The van der Waals surface area contributed by atoms with E-state index >= 15 is 0 Å². The minimum absolute atomic E-state index is 0.267. The third-order valence-electron chi connectivity index (χ3n) is 7.49. The Balaban J connectivity index is 1.13. The van der Waals surface area contributed by atoms with Gasteiger partial charge in [0.05, 0.1) is 0 Å². The van der Waals surface area contributed by atoms with Gasteiger partial charge in [-0.15, -0.1) is 0 Å². The van der Waals surface area contributed by atoms with E-state index in [-0.39, 0.29) is 5.92 Å². The molecular weight excluding hydrogens is 344 g/mol. The van der Waals surface area contributed by atoms with Crippen LogP contribution in [-0.2, 0) is 17.8 Å². The summed E-state index contributed by atoms with van der Waals surface area (Å²) in [6.45, 7) is 3.28. The molecule has 4 aliphatic rings. The first kappa shape index (κ1) is 16.8. The van der Waals surface area contributed by atoms with Crippen LogP contribution in [0.4, 0.5) is 0 Å². The molecule has 1 saturated heterocycles. The third-order valence-corrected chi connectivity index (χ3v) is 7.49. The van der Waals surface area contributed by atoms with E-state index in [1.807, 2.05) is 0 Å². The van der Waals surface area contributed by atoms with Crippen LogP contribution in [0.15, 0.2) is 42.5 Å². The summed E-state index contributed by atoms with van der Waals surface area (Å²) in [7, 11) is 0. The highest BCUT2D eigenvalue weighted by atomic mass is 16.2. The first-order valence-electron chi connectivity index (χ1n) is 11.0. The average Bonchev–Trinajstić information content (AvgIpc) is 3.41. The molecule has 3 atom stereocenters. The van der Waals surface area contributed by atoms with Crippen LogP contribution >= 0.6 is 0 Å². The maximum atomic E-state index is 12.5. The predicted octanol–water partition coefficient (Wildman–Crippen LogP) is 3.99. The van der Waals surface area contributed by atoms with Gasteiger partial charge in [-0.2, -0.15) is 0 Å². The van der Waals surface area contributed by atoms with E-state index in [9.17, 15) is 4.79 Å². The first-order valence-corrected chi connectivity index (χ1v) is 11.0. The number of benzene rings is 2. The number of likely N-dealkylation sites (tertiary alicyclic amines) is 1. The SMILES string of the molecule is O=C(NC1CC1)[C@@H]1C[C@H]2CCN(Cc3ccc4c(c3)Cc3ccccc3-4)C[C@H]21. The molecule has 0 bridgehead atoms. The standard InChI is InChI=1S/C25H28N2O/c28-25(26-20-6-7-20)23-13-18-9-10-27(15-24(18)23)14-16-5-8-22-19(11-16)12-17-3-1-2-4-21(17)22/h1-5,8,11,18,20,23-24H,6-7,9-10,12-15H2,(H,26,28)/t18-,23-,24-/m1/s1. The number of nitrogens with zero attached hydrogens (tertiary/aromatic N) is 1. The maximum Gasteiger partial charge on any atom is 0.223 e. The van der Waals surface area contributed by atoms with Crippen LogP contribution in [0.2, 0.25) is 0 Å². The van der Waals surface area contributed by atoms with Gasteiger partial charge < -0.3 is 5.32 Å². The van der Waals surface area contributed by atoms with Crippen molar-refractivity contribution in [2.24, 2.45) is 17.8 Å². The summed E-state index contributed by atoms with van der Waals surface area (Å²) in [6, 6.07) is 16.3. The molecule has 0 radical (unpaired) electrons. The fourth-order valence-corrected chi connectivity index (χ4v) is 5.69. The third kappa shape index (κ3) is 2.88. The van der Waals surface area contributed by atoms with Crippen molar-refractivity contribution in [1.29, 1.82) is 0 Å². The zero-order valence-electron chi connectivity index (χ0n) is 16.4. The van der Waals surface area contributed by atoms with Gasteiger partial charge in [0.15, 0.2) is 0 Å². The van der Waals surface area contributed by atoms with Gasteiger partial charge in [-0.25, -0.2) is 0 Å². The van der Waals surface area contributed by atoms with Crippen molar-refractivity contribution in [2.75, 3.05) is 13.1 Å². The smallest absolute Gasteiger partial charge is 0.223 e. The lowest BCUT2D eigenvalue weighted by molar-refractivity contribution is -0.137. The van der Waals surface area contributed by atoms with Crippen LogP contribution in [0.3, 0.4) is 0 Å². The van der Waals surface area contributed by atoms with E-state index < -0.39 is 0 Å². The largest absolute Gasteiger partial charge is 0.353 e. The molecule has 6 rings (SSSR count). The van der Waals surface area contributed by atoms with Crippen molar-refractivity contribution in [3.8, 4) is 11.1 Å². The van der Waals surface area contributed by atoms with Crippen LogP contribution < -0.4 is 5.32 Å². The van der Waals surface area contributed by atoms with Gasteiger partial charge in [-0.1, -0.05) is 42.5 Å². The number of hydrogen-bond acceptors (Lipinski definition) is 2. The number of piperidine rings is 1. The average molecular weight is 373 g/mol. The van der Waals surface area contributed by atoms with Gasteiger partial charge in [-0.05, 0) is 78.3 Å². The van der Waals surface area contributed by atoms with E-state index in [1.165, 1.54) is 53.6 Å². The van der Waals surface area contributed by atoms with Crippen molar-refractivity contribution < 1.29 is 4.79 Å². The van der Waals surface area contributed by atoms with Crippen molar-refractivity contribution >= 4 is 5.91 Å². The van der Waals surface area contributed by atoms with Gasteiger partial charge in [0.1, 0.15) is 0 Å². The second kappa shape index (κ2) is 6.45. The maximum absolute atomic E-state index is 12.5. The normalized spacial score (nSPS) is 28.1. The first-order chi connectivity index (χ1) is 13.7. The van der Waals surface area contributed by atoms with Gasteiger partial charge in [-0.3, -0.25) is 9.69 Å². The zero-order chi connectivity index (χ0) is 18.7. The summed E-state index contributed by atoms with van der Waals surface area (Å²) in [5.41, 5.74) is 7.16. The highest BCUT2D eigenvalue weighted by Crippen LogP contribution is 2.46. The molecule has 144 valence electrons. The molecule has 0 aromatic heterocycles. The predicted molar refractivity (Wildman–Crippen MR) is 111 cm³/mol. The van der Waals surface area contributed by atoms with Crippen LogP contribution in [0.5, 0.6) is 0 Å². The van der Waals surface area contributed by atoms with Gasteiger partial charge in [0, 0.05) is 25.0 Å².